The third-order valence-electron chi connectivity index (χ3n) is 4.16. The number of carbonyl (C=O) groups is 1. The van der Waals surface area contributed by atoms with Crippen LogP contribution in [0, 0.1) is 6.92 Å². The fraction of sp³-hybridized carbons (Fsp3) is 0.316. The molecule has 148 valence electrons. The summed E-state index contributed by atoms with van der Waals surface area (Å²) >= 11 is 9.13. The number of halogens is 1. The van der Waals surface area contributed by atoms with E-state index in [4.69, 9.17) is 16.3 Å². The molecule has 2 heterocycles. The maximum atomic E-state index is 12.7. The molecule has 9 heteroatoms. The molecule has 0 aliphatic heterocycles. The first-order valence-electron chi connectivity index (χ1n) is 8.73. The number of carbonyl (C=O) groups excluding carboxylic acids is 1. The van der Waals surface area contributed by atoms with Crippen molar-refractivity contribution in [3.05, 3.63) is 40.2 Å². The predicted octanol–water partition coefficient (Wildman–Crippen LogP) is 5.12. The fourth-order valence-electron chi connectivity index (χ4n) is 2.62. The Morgan fingerprint density at radius 1 is 1.43 bits per heavy atom. The van der Waals surface area contributed by atoms with Gasteiger partial charge < -0.3 is 14.6 Å². The van der Waals surface area contributed by atoms with Crippen LogP contribution in [0.2, 0.25) is 5.02 Å². The first kappa shape index (κ1) is 20.7. The van der Waals surface area contributed by atoms with Gasteiger partial charge in [0.1, 0.15) is 5.75 Å². The topological polar surface area (TPSA) is 69.0 Å². The van der Waals surface area contributed by atoms with E-state index in [1.165, 1.54) is 11.8 Å². The number of aryl methyl sites for hydroxylation is 1. The highest BCUT2D eigenvalue weighted by Crippen LogP contribution is 2.33. The normalized spacial score (nSPS) is 12.0. The van der Waals surface area contributed by atoms with Crippen LogP contribution in [0.1, 0.15) is 19.4 Å². The average Bonchev–Trinajstić information content (AvgIpc) is 3.33. The number of nitrogens with one attached hydrogen (secondary N) is 1. The summed E-state index contributed by atoms with van der Waals surface area (Å²) in [6.45, 7) is 6.48. The van der Waals surface area contributed by atoms with Crippen molar-refractivity contribution in [1.29, 1.82) is 0 Å². The number of rotatable bonds is 7. The molecule has 0 aliphatic rings. The molecule has 0 radical (unpaired) electrons. The molecule has 0 saturated heterocycles. The van der Waals surface area contributed by atoms with Crippen LogP contribution in [0.3, 0.4) is 0 Å². The summed E-state index contributed by atoms with van der Waals surface area (Å²) in [6, 6.07) is 7.50. The Morgan fingerprint density at radius 3 is 2.86 bits per heavy atom. The second kappa shape index (κ2) is 8.98. The maximum absolute atomic E-state index is 12.7. The zero-order valence-corrected chi connectivity index (χ0v) is 18.4. The number of thiophene rings is 1. The van der Waals surface area contributed by atoms with E-state index in [9.17, 15) is 4.79 Å². The van der Waals surface area contributed by atoms with Crippen molar-refractivity contribution in [2.24, 2.45) is 0 Å². The van der Waals surface area contributed by atoms with E-state index in [1.54, 1.807) is 30.6 Å². The number of hydrogen-bond donors (Lipinski definition) is 1. The molecule has 1 unspecified atom stereocenters. The van der Waals surface area contributed by atoms with Crippen LogP contribution in [-0.4, -0.2) is 33.0 Å². The van der Waals surface area contributed by atoms with Crippen molar-refractivity contribution in [1.82, 2.24) is 14.8 Å². The van der Waals surface area contributed by atoms with Crippen LogP contribution < -0.4 is 10.1 Å². The van der Waals surface area contributed by atoms with Crippen LogP contribution in [0.15, 0.2) is 34.8 Å². The van der Waals surface area contributed by atoms with Crippen molar-refractivity contribution >= 4 is 46.3 Å². The van der Waals surface area contributed by atoms with Gasteiger partial charge in [-0.2, -0.15) is 0 Å². The highest BCUT2D eigenvalue weighted by molar-refractivity contribution is 8.00. The van der Waals surface area contributed by atoms with E-state index in [1.807, 2.05) is 42.9 Å². The highest BCUT2D eigenvalue weighted by atomic mass is 35.5. The van der Waals surface area contributed by atoms with Crippen LogP contribution in [0.25, 0.3) is 10.7 Å². The lowest BCUT2D eigenvalue weighted by Gasteiger charge is -2.15. The van der Waals surface area contributed by atoms with E-state index in [0.29, 0.717) is 21.6 Å². The number of thioether (sulfide) groups is 1. The number of amides is 1. The second-order valence-electron chi connectivity index (χ2n) is 6.08. The molecule has 0 aliphatic carbocycles. The van der Waals surface area contributed by atoms with Crippen LogP contribution in [-0.2, 0) is 11.3 Å². The Morgan fingerprint density at radius 2 is 2.21 bits per heavy atom. The molecule has 1 amide bonds. The van der Waals surface area contributed by atoms with Crippen LogP contribution in [0.5, 0.6) is 5.75 Å². The van der Waals surface area contributed by atoms with Gasteiger partial charge in [0.15, 0.2) is 11.0 Å². The molecule has 1 atom stereocenters. The summed E-state index contributed by atoms with van der Waals surface area (Å²) in [7, 11) is 1.55. The summed E-state index contributed by atoms with van der Waals surface area (Å²) in [5.41, 5.74) is 1.46. The second-order valence-corrected chi connectivity index (χ2v) is 8.74. The largest absolute Gasteiger partial charge is 0.495 e. The van der Waals surface area contributed by atoms with Gasteiger partial charge in [-0.15, -0.1) is 21.5 Å². The first-order valence-corrected chi connectivity index (χ1v) is 10.9. The van der Waals surface area contributed by atoms with Gasteiger partial charge in [-0.05, 0) is 43.8 Å². The summed E-state index contributed by atoms with van der Waals surface area (Å²) in [6.07, 6.45) is 0. The number of hydrogen-bond acceptors (Lipinski definition) is 6. The molecule has 2 aromatic heterocycles. The number of benzene rings is 1. The molecule has 0 spiro atoms. The van der Waals surface area contributed by atoms with Gasteiger partial charge in [-0.25, -0.2) is 0 Å². The lowest BCUT2D eigenvalue weighted by atomic mass is 10.2. The SMILES string of the molecule is CCn1c(SC(C)C(=O)Nc2cc(C)c(Cl)cc2OC)nnc1-c1cccs1. The number of nitrogens with zero attached hydrogens (tertiary/aromatic N) is 3. The zero-order valence-electron chi connectivity index (χ0n) is 16.0. The summed E-state index contributed by atoms with van der Waals surface area (Å²) in [4.78, 5) is 13.8. The van der Waals surface area contributed by atoms with Crippen LogP contribution in [0.4, 0.5) is 5.69 Å². The molecule has 0 saturated carbocycles. The Labute approximate surface area is 177 Å². The highest BCUT2D eigenvalue weighted by Gasteiger charge is 2.22. The summed E-state index contributed by atoms with van der Waals surface area (Å²) in [5, 5.41) is 14.5. The summed E-state index contributed by atoms with van der Waals surface area (Å²) in [5.74, 6) is 1.20. The quantitative estimate of drug-likeness (QED) is 0.521. The molecule has 1 N–H and O–H groups in total. The van der Waals surface area contributed by atoms with E-state index < -0.39 is 0 Å². The molecule has 0 fully saturated rings. The minimum absolute atomic E-state index is 0.145. The van der Waals surface area contributed by atoms with E-state index >= 15 is 0 Å². The molecule has 3 rings (SSSR count). The van der Waals surface area contributed by atoms with Gasteiger partial charge >= 0.3 is 0 Å². The van der Waals surface area contributed by atoms with Crippen molar-refractivity contribution in [3.63, 3.8) is 0 Å². The smallest absolute Gasteiger partial charge is 0.237 e. The lowest BCUT2D eigenvalue weighted by Crippen LogP contribution is -2.23. The fourth-order valence-corrected chi connectivity index (χ4v) is 4.41. The van der Waals surface area contributed by atoms with Gasteiger partial charge in [-0.3, -0.25) is 4.79 Å². The van der Waals surface area contributed by atoms with Crippen LogP contribution >= 0.6 is 34.7 Å². The lowest BCUT2D eigenvalue weighted by molar-refractivity contribution is -0.115. The number of methoxy groups -OCH3 is 1. The summed E-state index contributed by atoms with van der Waals surface area (Å²) < 4.78 is 7.35. The van der Waals surface area contributed by atoms with E-state index in [-0.39, 0.29) is 11.2 Å². The molecule has 28 heavy (non-hydrogen) atoms. The number of anilines is 1. The third-order valence-corrected chi connectivity index (χ3v) is 6.52. The van der Waals surface area contributed by atoms with Crippen molar-refractivity contribution in [3.8, 4) is 16.5 Å². The molecular weight excluding hydrogens is 416 g/mol. The minimum Gasteiger partial charge on any atom is -0.495 e. The van der Waals surface area contributed by atoms with Gasteiger partial charge in [0, 0.05) is 17.6 Å². The Kier molecular flexibility index (Phi) is 6.64. The van der Waals surface area contributed by atoms with Gasteiger partial charge in [-0.1, -0.05) is 29.4 Å². The minimum atomic E-state index is -0.369. The molecular formula is C19H21ClN4O2S2. The van der Waals surface area contributed by atoms with Crippen molar-refractivity contribution < 1.29 is 9.53 Å². The Bertz CT molecular complexity index is 973. The molecule has 0 bridgehead atoms. The van der Waals surface area contributed by atoms with Crippen molar-refractivity contribution in [2.75, 3.05) is 12.4 Å². The van der Waals surface area contributed by atoms with Gasteiger partial charge in [0.25, 0.3) is 0 Å². The van der Waals surface area contributed by atoms with Crippen molar-refractivity contribution in [2.45, 2.75) is 37.7 Å². The number of aromatic nitrogens is 3. The zero-order chi connectivity index (χ0) is 20.3. The average molecular weight is 437 g/mol. The van der Waals surface area contributed by atoms with E-state index in [2.05, 4.69) is 15.5 Å². The predicted molar refractivity (Wildman–Crippen MR) is 116 cm³/mol. The molecule has 1 aromatic carbocycles. The third kappa shape index (κ3) is 4.34. The molecule has 3 aromatic rings. The monoisotopic (exact) mass is 436 g/mol. The van der Waals surface area contributed by atoms with Gasteiger partial charge in [0.05, 0.1) is 22.9 Å². The standard InChI is InChI=1S/C19H21ClN4O2S2/c1-5-24-17(16-7-6-8-27-16)22-23-19(24)28-12(3)18(25)21-14-9-11(2)13(20)10-15(14)26-4/h6-10,12H,5H2,1-4H3,(H,21,25). The van der Waals surface area contributed by atoms with Gasteiger partial charge in [0.2, 0.25) is 5.91 Å². The Balaban J connectivity index is 1.76. The molecule has 6 nitrogen and oxygen atoms in total. The number of ether oxygens (including phenoxy) is 1. The van der Waals surface area contributed by atoms with E-state index in [0.717, 1.165) is 22.8 Å². The first-order chi connectivity index (χ1) is 13.4. The maximum Gasteiger partial charge on any atom is 0.237 e. The Hall–Kier alpha value is -2.03.